The molecule has 1 aromatic carbocycles. The number of ether oxygens (including phenoxy) is 2. The van der Waals surface area contributed by atoms with Crippen LogP contribution in [0.15, 0.2) is 68.9 Å². The number of anilines is 2. The van der Waals surface area contributed by atoms with E-state index in [1.165, 1.54) is 43.0 Å². The highest BCUT2D eigenvalue weighted by atomic mass is 32.2. The molecule has 2 N–H and O–H groups in total. The van der Waals surface area contributed by atoms with Crippen molar-refractivity contribution in [3.05, 3.63) is 60.9 Å². The molecule has 0 amide bonds. The van der Waals surface area contributed by atoms with E-state index >= 15 is 0 Å². The molecule has 2 heterocycles. The van der Waals surface area contributed by atoms with Crippen LogP contribution in [0.3, 0.4) is 0 Å². The van der Waals surface area contributed by atoms with Crippen LogP contribution in [0, 0.1) is 5.92 Å². The Hall–Kier alpha value is -3.80. The second kappa shape index (κ2) is 9.34. The number of benzene rings is 1. The predicted octanol–water partition coefficient (Wildman–Crippen LogP) is 2.18. The molecule has 0 aliphatic carbocycles. The Labute approximate surface area is 177 Å². The number of aromatic nitrogens is 1. The number of methoxy groups -OCH3 is 2. The first-order valence-electron chi connectivity index (χ1n) is 8.83. The summed E-state index contributed by atoms with van der Waals surface area (Å²) in [5.74, 6) is -2.73. The minimum Gasteiger partial charge on any atom is -0.468 e. The molecule has 0 radical (unpaired) electrons. The number of sulfonamides is 1. The third-order valence-electron chi connectivity index (χ3n) is 4.23. The van der Waals surface area contributed by atoms with E-state index in [9.17, 15) is 18.0 Å². The van der Waals surface area contributed by atoms with E-state index in [0.29, 0.717) is 5.69 Å². The van der Waals surface area contributed by atoms with Gasteiger partial charge in [-0.05, 0) is 36.4 Å². The molecule has 0 fully saturated rings. The van der Waals surface area contributed by atoms with Crippen molar-refractivity contribution in [3.63, 3.8) is 0 Å². The van der Waals surface area contributed by atoms with Crippen LogP contribution in [-0.2, 0) is 29.1 Å². The first-order valence-corrected chi connectivity index (χ1v) is 10.3. The number of hydrogen-bond donors (Lipinski definition) is 2. The largest absolute Gasteiger partial charge is 0.468 e. The highest BCUT2D eigenvalue weighted by Crippen LogP contribution is 2.30. The molecule has 3 aromatic rings. The average Bonchev–Trinajstić information content (AvgIpc) is 3.47. The normalized spacial score (nSPS) is 12.2. The van der Waals surface area contributed by atoms with Gasteiger partial charge in [0.25, 0.3) is 10.0 Å². The molecule has 31 heavy (non-hydrogen) atoms. The first-order chi connectivity index (χ1) is 14.9. The average molecular weight is 449 g/mol. The zero-order valence-corrected chi connectivity index (χ0v) is 17.3. The van der Waals surface area contributed by atoms with Crippen molar-refractivity contribution in [1.82, 2.24) is 4.98 Å². The van der Waals surface area contributed by atoms with Gasteiger partial charge in [-0.2, -0.15) is 0 Å². The molecule has 3 rings (SSSR count). The quantitative estimate of drug-likeness (QED) is 0.367. The molecule has 164 valence electrons. The second-order valence-electron chi connectivity index (χ2n) is 6.13. The molecule has 11 nitrogen and oxygen atoms in total. The number of nitrogens with one attached hydrogen (secondary N) is 2. The summed E-state index contributed by atoms with van der Waals surface area (Å²) >= 11 is 0. The maximum Gasteiger partial charge on any atom is 0.322 e. The summed E-state index contributed by atoms with van der Waals surface area (Å²) in [6.07, 6.45) is 3.93. The fraction of sp³-hybridized carbons (Fsp3) is 0.211. The standard InChI is InChI=1S/C19H19N3O8S/c1-27-17(23)15(18(24)28-2)16(14-4-3-10-29-14)21-12-5-7-13(8-6-12)31(25,26)22-19-20-9-11-30-19/h3-11,15-16,21H,1-2H3,(H,20,22)/t16-/m0/s1. The van der Waals surface area contributed by atoms with Gasteiger partial charge in [0, 0.05) is 5.69 Å². The fourth-order valence-electron chi connectivity index (χ4n) is 2.77. The van der Waals surface area contributed by atoms with Crippen molar-refractivity contribution in [1.29, 1.82) is 0 Å². The molecule has 0 aliphatic rings. The summed E-state index contributed by atoms with van der Waals surface area (Å²) in [5.41, 5.74) is 0.411. The number of carbonyl (C=O) groups excluding carboxylic acids is 2. The van der Waals surface area contributed by atoms with Crippen LogP contribution in [0.1, 0.15) is 11.8 Å². The summed E-state index contributed by atoms with van der Waals surface area (Å²) in [6, 6.07) is 7.63. The van der Waals surface area contributed by atoms with E-state index < -0.39 is 33.9 Å². The lowest BCUT2D eigenvalue weighted by Gasteiger charge is -2.24. The maximum atomic E-state index is 12.4. The highest BCUT2D eigenvalue weighted by Gasteiger charge is 2.39. The van der Waals surface area contributed by atoms with Crippen LogP contribution < -0.4 is 10.0 Å². The van der Waals surface area contributed by atoms with Crippen molar-refractivity contribution in [2.75, 3.05) is 24.3 Å². The van der Waals surface area contributed by atoms with E-state index in [1.807, 2.05) is 0 Å². The van der Waals surface area contributed by atoms with Crippen molar-refractivity contribution in [2.45, 2.75) is 10.9 Å². The molecular weight excluding hydrogens is 430 g/mol. The molecule has 12 heteroatoms. The van der Waals surface area contributed by atoms with Gasteiger partial charge in [0.1, 0.15) is 18.1 Å². The van der Waals surface area contributed by atoms with Crippen LogP contribution in [0.4, 0.5) is 11.7 Å². The Morgan fingerprint density at radius 2 is 1.68 bits per heavy atom. The third kappa shape index (κ3) is 5.04. The van der Waals surface area contributed by atoms with Crippen molar-refractivity contribution in [2.24, 2.45) is 5.92 Å². The lowest BCUT2D eigenvalue weighted by Crippen LogP contribution is -2.35. The Morgan fingerprint density at radius 3 is 2.19 bits per heavy atom. The number of furan rings is 1. The van der Waals surface area contributed by atoms with Gasteiger partial charge in [-0.25, -0.2) is 18.1 Å². The van der Waals surface area contributed by atoms with Gasteiger partial charge in [0.15, 0.2) is 5.92 Å². The molecule has 0 unspecified atom stereocenters. The lowest BCUT2D eigenvalue weighted by molar-refractivity contribution is -0.159. The van der Waals surface area contributed by atoms with Gasteiger partial charge in [-0.1, -0.05) is 0 Å². The van der Waals surface area contributed by atoms with E-state index in [0.717, 1.165) is 14.2 Å². The van der Waals surface area contributed by atoms with Crippen LogP contribution in [-0.4, -0.2) is 39.6 Å². The SMILES string of the molecule is COC(=O)C(C(=O)OC)[C@@H](Nc1ccc(S(=O)(=O)Nc2ncco2)cc1)c1ccco1. The van der Waals surface area contributed by atoms with Gasteiger partial charge >= 0.3 is 18.0 Å². The predicted molar refractivity (Wildman–Crippen MR) is 106 cm³/mol. The molecule has 0 saturated heterocycles. The Balaban J connectivity index is 1.86. The van der Waals surface area contributed by atoms with Gasteiger partial charge in [-0.15, -0.1) is 0 Å². The summed E-state index contributed by atoms with van der Waals surface area (Å²) in [5, 5.41) is 2.99. The van der Waals surface area contributed by atoms with Crippen molar-refractivity contribution >= 4 is 33.7 Å². The van der Waals surface area contributed by atoms with Gasteiger partial charge < -0.3 is 23.6 Å². The molecule has 0 aliphatic heterocycles. The van der Waals surface area contributed by atoms with Gasteiger partial charge in [0.05, 0.1) is 31.6 Å². The number of carbonyl (C=O) groups is 2. The van der Waals surface area contributed by atoms with E-state index in [4.69, 9.17) is 18.3 Å². The summed E-state index contributed by atoms with van der Waals surface area (Å²) in [7, 11) is -1.62. The lowest BCUT2D eigenvalue weighted by atomic mass is 9.97. The summed E-state index contributed by atoms with van der Waals surface area (Å²) in [4.78, 5) is 28.2. The van der Waals surface area contributed by atoms with Crippen LogP contribution in [0.5, 0.6) is 0 Å². The van der Waals surface area contributed by atoms with E-state index in [-0.39, 0.29) is 16.7 Å². The monoisotopic (exact) mass is 449 g/mol. The minimum absolute atomic E-state index is 0.0525. The van der Waals surface area contributed by atoms with Gasteiger partial charge in [-0.3, -0.25) is 9.59 Å². The fourth-order valence-corrected chi connectivity index (χ4v) is 3.71. The number of esters is 2. The molecular formula is C19H19N3O8S. The molecule has 0 saturated carbocycles. The zero-order valence-electron chi connectivity index (χ0n) is 16.5. The molecule has 1 atom stereocenters. The smallest absolute Gasteiger partial charge is 0.322 e. The topological polar surface area (TPSA) is 150 Å². The second-order valence-corrected chi connectivity index (χ2v) is 7.81. The molecule has 2 aromatic heterocycles. The molecule has 0 bridgehead atoms. The Morgan fingerprint density at radius 1 is 1.00 bits per heavy atom. The highest BCUT2D eigenvalue weighted by molar-refractivity contribution is 7.92. The number of nitrogens with zero attached hydrogens (tertiary/aromatic N) is 1. The summed E-state index contributed by atoms with van der Waals surface area (Å²) in [6.45, 7) is 0. The van der Waals surface area contributed by atoms with Gasteiger partial charge in [0.2, 0.25) is 0 Å². The van der Waals surface area contributed by atoms with Crippen LogP contribution in [0.2, 0.25) is 0 Å². The van der Waals surface area contributed by atoms with Crippen molar-refractivity contribution < 1.29 is 36.3 Å². The number of rotatable bonds is 9. The number of hydrogen-bond acceptors (Lipinski definition) is 10. The Bertz CT molecular complexity index is 1090. The summed E-state index contributed by atoms with van der Waals surface area (Å²) < 4.78 is 46.8. The third-order valence-corrected chi connectivity index (χ3v) is 5.57. The first kappa shape index (κ1) is 21.9. The minimum atomic E-state index is -3.92. The zero-order chi connectivity index (χ0) is 22.4. The van der Waals surface area contributed by atoms with Crippen LogP contribution in [0.25, 0.3) is 0 Å². The van der Waals surface area contributed by atoms with E-state index in [1.54, 1.807) is 12.1 Å². The number of oxazole rings is 1. The maximum absolute atomic E-state index is 12.4. The van der Waals surface area contributed by atoms with Crippen LogP contribution >= 0.6 is 0 Å². The Kier molecular flexibility index (Phi) is 6.60. The molecule has 0 spiro atoms. The van der Waals surface area contributed by atoms with Crippen molar-refractivity contribution in [3.8, 4) is 0 Å². The van der Waals surface area contributed by atoms with E-state index in [2.05, 4.69) is 15.0 Å².